The number of aromatic nitrogens is 2. The van der Waals surface area contributed by atoms with Crippen LogP contribution in [-0.2, 0) is 28.1 Å². The Morgan fingerprint density at radius 2 is 1.81 bits per heavy atom. The Kier molecular flexibility index (Phi) is 7.60. The van der Waals surface area contributed by atoms with E-state index in [4.69, 9.17) is 0 Å². The van der Waals surface area contributed by atoms with Crippen LogP contribution in [0.25, 0.3) is 0 Å². The first kappa shape index (κ1) is 24.0. The first-order chi connectivity index (χ1) is 14.6. The topological polar surface area (TPSA) is 61.6 Å². The van der Waals surface area contributed by atoms with E-state index in [1.54, 1.807) is 23.9 Å². The molecule has 1 saturated heterocycles. The summed E-state index contributed by atoms with van der Waals surface area (Å²) in [6.07, 6.45) is 6.08. The van der Waals surface area contributed by atoms with Crippen LogP contribution in [0.1, 0.15) is 56.5 Å². The fraction of sp³-hybridized carbons (Fsp3) is 0.625. The molecule has 1 atom stereocenters. The summed E-state index contributed by atoms with van der Waals surface area (Å²) in [6, 6.07) is 8.27. The Balaban J connectivity index is 1.56. The van der Waals surface area contributed by atoms with Gasteiger partial charge in [0.1, 0.15) is 5.69 Å². The fourth-order valence-electron chi connectivity index (χ4n) is 4.69. The van der Waals surface area contributed by atoms with E-state index >= 15 is 0 Å². The van der Waals surface area contributed by atoms with Crippen LogP contribution in [0.3, 0.4) is 0 Å². The second-order valence-corrected chi connectivity index (χ2v) is 11.3. The van der Waals surface area contributed by atoms with Gasteiger partial charge in [-0.2, -0.15) is 14.0 Å². The van der Waals surface area contributed by atoms with Gasteiger partial charge in [0.15, 0.2) is 0 Å². The number of hydrogen-bond acceptors (Lipinski definition) is 3. The zero-order chi connectivity index (χ0) is 22.8. The largest absolute Gasteiger partial charge is 0.348 e. The molecule has 3 rings (SSSR count). The lowest BCUT2D eigenvalue weighted by molar-refractivity contribution is 0.145. The van der Waals surface area contributed by atoms with Crippen LogP contribution in [0, 0.1) is 19.8 Å². The third kappa shape index (κ3) is 5.38. The number of nitrogens with zero attached hydrogens (tertiary/aromatic N) is 4. The first-order valence-corrected chi connectivity index (χ1v) is 12.9. The Morgan fingerprint density at radius 1 is 1.19 bits per heavy atom. The Bertz CT molecular complexity index is 914. The average Bonchev–Trinajstić information content (AvgIpc) is 2.99. The van der Waals surface area contributed by atoms with Gasteiger partial charge in [-0.1, -0.05) is 18.6 Å². The van der Waals surface area contributed by atoms with Crippen LogP contribution >= 0.6 is 0 Å². The van der Waals surface area contributed by atoms with Gasteiger partial charge in [-0.25, -0.2) is 0 Å². The molecule has 1 fully saturated rings. The van der Waals surface area contributed by atoms with Gasteiger partial charge >= 0.3 is 10.4 Å². The normalized spacial score (nSPS) is 17.8. The minimum atomic E-state index is -3.37. The highest BCUT2D eigenvalue weighted by Gasteiger charge is 2.38. The van der Waals surface area contributed by atoms with Gasteiger partial charge in [0, 0.05) is 13.1 Å². The average molecular weight is 448 g/mol. The summed E-state index contributed by atoms with van der Waals surface area (Å²) in [5.41, 5.74) is 3.57. The highest BCUT2D eigenvalue weighted by Crippen LogP contribution is 2.31. The van der Waals surface area contributed by atoms with Crippen molar-refractivity contribution in [2.45, 2.75) is 70.7 Å². The summed E-state index contributed by atoms with van der Waals surface area (Å²) in [5.74, 6) is 0.838. The first-order valence-electron chi connectivity index (χ1n) is 11.4. The molecule has 0 spiro atoms. The van der Waals surface area contributed by atoms with Crippen molar-refractivity contribution in [3.8, 4) is 0 Å². The predicted octanol–water partition coefficient (Wildman–Crippen LogP) is 4.86. The van der Waals surface area contributed by atoms with Crippen molar-refractivity contribution in [2.75, 3.05) is 24.4 Å². The molecule has 2 heterocycles. The Hall–Kier alpha value is -1.70. The van der Waals surface area contributed by atoms with E-state index in [0.717, 1.165) is 23.7 Å². The molecular formula is C24H39N4O2S+. The minimum Gasteiger partial charge on any atom is -0.301 e. The van der Waals surface area contributed by atoms with Gasteiger partial charge in [0.2, 0.25) is 4.90 Å². The van der Waals surface area contributed by atoms with Gasteiger partial charge < -0.3 is 4.90 Å². The smallest absolute Gasteiger partial charge is 0.301 e. The SMILES string of the molecule is Cc1nn(C)c(C)c1N(C)[S+](=O)(O)c1ccc(CCCC2CCN(C(C)C)CC2)cc1. The zero-order valence-corrected chi connectivity index (χ0v) is 20.8. The molecule has 0 radical (unpaired) electrons. The van der Waals surface area contributed by atoms with Gasteiger partial charge in [0.25, 0.3) is 0 Å². The molecule has 0 saturated carbocycles. The van der Waals surface area contributed by atoms with Crippen LogP contribution in [0.15, 0.2) is 29.2 Å². The molecule has 1 aromatic heterocycles. The minimum absolute atomic E-state index is 0.433. The molecule has 7 heteroatoms. The summed E-state index contributed by atoms with van der Waals surface area (Å²) in [6.45, 7) is 10.8. The monoisotopic (exact) mass is 447 g/mol. The summed E-state index contributed by atoms with van der Waals surface area (Å²) < 4.78 is 27.3. The summed E-state index contributed by atoms with van der Waals surface area (Å²) in [7, 11) is 0.148. The second kappa shape index (κ2) is 9.84. The van der Waals surface area contributed by atoms with Gasteiger partial charge in [0.05, 0.1) is 18.4 Å². The number of benzene rings is 1. The molecular weight excluding hydrogens is 408 g/mol. The molecule has 31 heavy (non-hydrogen) atoms. The van der Waals surface area contributed by atoms with Crippen molar-refractivity contribution in [1.82, 2.24) is 14.7 Å². The molecule has 0 aliphatic carbocycles. The standard InChI is InChI=1S/C24H38N4O2S/c1-18(2)28-16-14-22(15-17-28)9-7-8-21-10-12-23(13-11-21)31(29,30)27(6)24-19(3)25-26(5)20(24)4/h10-13,18,22H,7-9,14-17H2,1-6H3/p+1. The second-order valence-electron chi connectivity index (χ2n) is 9.25. The van der Waals surface area contributed by atoms with Crippen LogP contribution in [0.2, 0.25) is 0 Å². The maximum atomic E-state index is 13.2. The van der Waals surface area contributed by atoms with Crippen LogP contribution in [0.4, 0.5) is 5.69 Å². The molecule has 6 nitrogen and oxygen atoms in total. The lowest BCUT2D eigenvalue weighted by Gasteiger charge is -2.34. The maximum Gasteiger partial charge on any atom is 0.348 e. The van der Waals surface area contributed by atoms with Crippen molar-refractivity contribution in [3.05, 3.63) is 41.2 Å². The van der Waals surface area contributed by atoms with Crippen molar-refractivity contribution in [2.24, 2.45) is 13.0 Å². The third-order valence-corrected chi connectivity index (χ3v) is 8.66. The predicted molar refractivity (Wildman–Crippen MR) is 129 cm³/mol. The van der Waals surface area contributed by atoms with Crippen LogP contribution in [-0.4, -0.2) is 45.4 Å². The van der Waals surface area contributed by atoms with Gasteiger partial charge in [-0.05, 0) is 94.3 Å². The highest BCUT2D eigenvalue weighted by molar-refractivity contribution is 7.99. The van der Waals surface area contributed by atoms with E-state index < -0.39 is 10.4 Å². The van der Waals surface area contributed by atoms with E-state index in [9.17, 15) is 8.76 Å². The van der Waals surface area contributed by atoms with Crippen molar-refractivity contribution >= 4 is 16.1 Å². The third-order valence-electron chi connectivity index (χ3n) is 6.84. The summed E-state index contributed by atoms with van der Waals surface area (Å²) >= 11 is 0. The Morgan fingerprint density at radius 3 is 2.32 bits per heavy atom. The molecule has 1 N–H and O–H groups in total. The number of rotatable bonds is 8. The van der Waals surface area contributed by atoms with E-state index in [1.807, 2.05) is 33.0 Å². The van der Waals surface area contributed by atoms with Crippen LogP contribution < -0.4 is 4.31 Å². The van der Waals surface area contributed by atoms with Gasteiger partial charge in [-0.15, -0.1) is 0 Å². The summed E-state index contributed by atoms with van der Waals surface area (Å²) in [5, 5.41) is 4.37. The molecule has 1 aliphatic heterocycles. The Labute approximate surface area is 189 Å². The van der Waals surface area contributed by atoms with Crippen molar-refractivity contribution < 1.29 is 8.76 Å². The number of anilines is 1. The number of hydrogen-bond donors (Lipinski definition) is 1. The quantitative estimate of drug-likeness (QED) is 0.587. The maximum absolute atomic E-state index is 13.2. The molecule has 1 aliphatic rings. The number of aryl methyl sites for hydroxylation is 3. The molecule has 0 bridgehead atoms. The lowest BCUT2D eigenvalue weighted by Crippen LogP contribution is -2.38. The molecule has 1 aromatic carbocycles. The van der Waals surface area contributed by atoms with Gasteiger partial charge in [-0.3, -0.25) is 4.68 Å². The summed E-state index contributed by atoms with van der Waals surface area (Å²) in [4.78, 5) is 3.01. The van der Waals surface area contributed by atoms with E-state index in [1.165, 1.54) is 48.6 Å². The van der Waals surface area contributed by atoms with Crippen molar-refractivity contribution in [1.29, 1.82) is 0 Å². The van der Waals surface area contributed by atoms with Crippen LogP contribution in [0.5, 0.6) is 0 Å². The fourth-order valence-corrected chi connectivity index (χ4v) is 6.00. The lowest BCUT2D eigenvalue weighted by atomic mass is 9.90. The van der Waals surface area contributed by atoms with E-state index in [-0.39, 0.29) is 0 Å². The van der Waals surface area contributed by atoms with E-state index in [0.29, 0.717) is 16.6 Å². The number of piperidine rings is 1. The molecule has 1 unspecified atom stereocenters. The molecule has 2 aromatic rings. The molecule has 172 valence electrons. The number of likely N-dealkylation sites (tertiary alicyclic amines) is 1. The zero-order valence-electron chi connectivity index (χ0n) is 20.0. The molecule has 0 amide bonds. The highest BCUT2D eigenvalue weighted by atomic mass is 32.3. The van der Waals surface area contributed by atoms with Crippen molar-refractivity contribution in [3.63, 3.8) is 0 Å². The van der Waals surface area contributed by atoms with E-state index in [2.05, 4.69) is 23.8 Å².